The summed E-state index contributed by atoms with van der Waals surface area (Å²) >= 11 is 5.92. The second kappa shape index (κ2) is 7.06. The minimum atomic E-state index is -0.469. The van der Waals surface area contributed by atoms with Crippen molar-refractivity contribution in [2.45, 2.75) is 6.92 Å². The molecule has 0 atom stereocenters. The third-order valence-corrected chi connectivity index (χ3v) is 4.64. The van der Waals surface area contributed by atoms with Gasteiger partial charge in [-0.25, -0.2) is 0 Å². The Bertz CT molecular complexity index is 1120. The minimum Gasteiger partial charge on any atom is -0.395 e. The third kappa shape index (κ3) is 3.23. The normalized spacial score (nSPS) is 14.1. The SMILES string of the molecule is Cc1cc2nn(-c3ccc(Cl)cc3)nc2cc1NC1=CC(=O)N(CCO)C1=O. The van der Waals surface area contributed by atoms with Crippen LogP contribution in [0.5, 0.6) is 0 Å². The molecule has 1 aliphatic rings. The molecule has 0 bridgehead atoms. The molecule has 3 aromatic rings. The monoisotopic (exact) mass is 397 g/mol. The number of benzene rings is 2. The predicted molar refractivity (Wildman–Crippen MR) is 104 cm³/mol. The van der Waals surface area contributed by atoms with E-state index >= 15 is 0 Å². The Kier molecular flexibility index (Phi) is 4.58. The van der Waals surface area contributed by atoms with E-state index in [1.807, 2.05) is 25.1 Å². The lowest BCUT2D eigenvalue weighted by molar-refractivity contribution is -0.137. The van der Waals surface area contributed by atoms with Gasteiger partial charge in [0.15, 0.2) is 0 Å². The average molecular weight is 398 g/mol. The zero-order valence-corrected chi connectivity index (χ0v) is 15.6. The molecule has 142 valence electrons. The van der Waals surface area contributed by atoms with E-state index in [1.54, 1.807) is 18.2 Å². The van der Waals surface area contributed by atoms with E-state index in [0.29, 0.717) is 21.7 Å². The molecule has 0 radical (unpaired) electrons. The predicted octanol–water partition coefficient (Wildman–Crippen LogP) is 2.04. The summed E-state index contributed by atoms with van der Waals surface area (Å²) in [7, 11) is 0. The van der Waals surface area contributed by atoms with Crippen molar-refractivity contribution in [2.24, 2.45) is 0 Å². The first kappa shape index (κ1) is 18.1. The summed E-state index contributed by atoms with van der Waals surface area (Å²) in [5, 5.41) is 21.6. The fourth-order valence-corrected chi connectivity index (χ4v) is 3.07. The first-order valence-corrected chi connectivity index (χ1v) is 8.93. The van der Waals surface area contributed by atoms with Crippen LogP contribution in [-0.4, -0.2) is 50.0 Å². The Morgan fingerprint density at radius 2 is 1.79 bits per heavy atom. The molecule has 2 amide bonds. The number of carbonyl (C=O) groups is 2. The number of carbonyl (C=O) groups excluding carboxylic acids is 2. The molecule has 2 N–H and O–H groups in total. The van der Waals surface area contributed by atoms with Gasteiger partial charge in [-0.1, -0.05) is 11.6 Å². The molecule has 8 nitrogen and oxygen atoms in total. The van der Waals surface area contributed by atoms with E-state index in [0.717, 1.165) is 16.2 Å². The van der Waals surface area contributed by atoms with Crippen LogP contribution in [0.15, 0.2) is 48.2 Å². The molecule has 0 aliphatic carbocycles. The van der Waals surface area contributed by atoms with Crippen LogP contribution in [0.1, 0.15) is 5.56 Å². The third-order valence-electron chi connectivity index (χ3n) is 4.39. The second-order valence-corrected chi connectivity index (χ2v) is 6.76. The van der Waals surface area contributed by atoms with E-state index in [4.69, 9.17) is 16.7 Å². The number of amides is 2. The van der Waals surface area contributed by atoms with Gasteiger partial charge in [-0.2, -0.15) is 4.80 Å². The quantitative estimate of drug-likeness (QED) is 0.639. The van der Waals surface area contributed by atoms with Gasteiger partial charge >= 0.3 is 0 Å². The molecule has 0 fully saturated rings. The number of anilines is 1. The Morgan fingerprint density at radius 1 is 1.11 bits per heavy atom. The van der Waals surface area contributed by atoms with Gasteiger partial charge in [0.2, 0.25) is 0 Å². The van der Waals surface area contributed by atoms with E-state index in [2.05, 4.69) is 15.5 Å². The minimum absolute atomic E-state index is 0.0349. The number of hydrogen-bond acceptors (Lipinski definition) is 6. The summed E-state index contributed by atoms with van der Waals surface area (Å²) in [5.41, 5.74) is 3.75. The highest BCUT2D eigenvalue weighted by Gasteiger charge is 2.30. The topological polar surface area (TPSA) is 100 Å². The molecule has 0 saturated heterocycles. The Morgan fingerprint density at radius 3 is 2.46 bits per heavy atom. The van der Waals surface area contributed by atoms with Crippen molar-refractivity contribution in [3.8, 4) is 5.69 Å². The van der Waals surface area contributed by atoms with Crippen LogP contribution in [0, 0.1) is 6.92 Å². The number of aryl methyl sites for hydroxylation is 1. The Labute approximate surface area is 165 Å². The van der Waals surface area contributed by atoms with Crippen LogP contribution in [0.2, 0.25) is 5.02 Å². The van der Waals surface area contributed by atoms with Crippen LogP contribution < -0.4 is 5.32 Å². The van der Waals surface area contributed by atoms with Gasteiger partial charge in [-0.05, 0) is 48.9 Å². The van der Waals surface area contributed by atoms with Crippen molar-refractivity contribution in [3.63, 3.8) is 0 Å². The molecule has 1 aliphatic heterocycles. The first-order chi connectivity index (χ1) is 13.5. The molecular formula is C19H16ClN5O3. The van der Waals surface area contributed by atoms with Crippen LogP contribution >= 0.6 is 11.6 Å². The van der Waals surface area contributed by atoms with Gasteiger partial charge in [-0.15, -0.1) is 10.2 Å². The molecule has 2 heterocycles. The largest absolute Gasteiger partial charge is 0.395 e. The number of aromatic nitrogens is 3. The number of nitrogens with zero attached hydrogens (tertiary/aromatic N) is 4. The summed E-state index contributed by atoms with van der Waals surface area (Å²) in [6.07, 6.45) is 1.23. The fourth-order valence-electron chi connectivity index (χ4n) is 2.95. The standard InChI is InChI=1S/C19H16ClN5O3/c1-11-8-15-16(23-25(22-15)13-4-2-12(20)3-5-13)9-14(11)21-17-10-18(27)24(6-7-26)19(17)28/h2-5,8-10,21,26H,6-7H2,1H3. The number of β-amino-alcohol motifs (C(OH)–C–C–N with tert-alkyl or cyclic N) is 1. The maximum Gasteiger partial charge on any atom is 0.277 e. The number of hydrogen-bond donors (Lipinski definition) is 2. The average Bonchev–Trinajstić information content (AvgIpc) is 3.18. The molecule has 2 aromatic carbocycles. The van der Waals surface area contributed by atoms with Gasteiger partial charge in [-0.3, -0.25) is 14.5 Å². The van der Waals surface area contributed by atoms with Gasteiger partial charge in [0, 0.05) is 16.8 Å². The van der Waals surface area contributed by atoms with E-state index in [1.165, 1.54) is 10.9 Å². The number of imide groups is 1. The van der Waals surface area contributed by atoms with Crippen LogP contribution in [-0.2, 0) is 9.59 Å². The molecule has 4 rings (SSSR count). The molecule has 9 heteroatoms. The summed E-state index contributed by atoms with van der Waals surface area (Å²) in [5.74, 6) is -0.919. The summed E-state index contributed by atoms with van der Waals surface area (Å²) in [4.78, 5) is 26.7. The summed E-state index contributed by atoms with van der Waals surface area (Å²) in [6.45, 7) is 1.56. The second-order valence-electron chi connectivity index (χ2n) is 6.32. The zero-order valence-electron chi connectivity index (χ0n) is 14.9. The van der Waals surface area contributed by atoms with E-state index in [9.17, 15) is 9.59 Å². The van der Waals surface area contributed by atoms with Crippen molar-refractivity contribution in [1.29, 1.82) is 0 Å². The Balaban J connectivity index is 1.64. The van der Waals surface area contributed by atoms with Gasteiger partial charge < -0.3 is 10.4 Å². The Hall–Kier alpha value is -3.23. The number of rotatable bonds is 5. The molecule has 0 spiro atoms. The summed E-state index contributed by atoms with van der Waals surface area (Å²) < 4.78 is 0. The number of aliphatic hydroxyl groups is 1. The lowest BCUT2D eigenvalue weighted by atomic mass is 10.1. The first-order valence-electron chi connectivity index (χ1n) is 8.55. The lowest BCUT2D eigenvalue weighted by Crippen LogP contribution is -2.34. The van der Waals surface area contributed by atoms with Crippen LogP contribution in [0.25, 0.3) is 16.7 Å². The number of aliphatic hydroxyl groups excluding tert-OH is 1. The zero-order chi connectivity index (χ0) is 19.8. The maximum atomic E-state index is 12.3. The lowest BCUT2D eigenvalue weighted by Gasteiger charge is -2.14. The van der Waals surface area contributed by atoms with E-state index < -0.39 is 11.8 Å². The highest BCUT2D eigenvalue weighted by molar-refractivity contribution is 6.30. The van der Waals surface area contributed by atoms with Crippen LogP contribution in [0.3, 0.4) is 0 Å². The van der Waals surface area contributed by atoms with Gasteiger partial charge in [0.05, 0.1) is 18.8 Å². The smallest absolute Gasteiger partial charge is 0.277 e. The molecule has 28 heavy (non-hydrogen) atoms. The number of halogens is 1. The van der Waals surface area contributed by atoms with E-state index in [-0.39, 0.29) is 18.8 Å². The maximum absolute atomic E-state index is 12.3. The van der Waals surface area contributed by atoms with Crippen molar-refractivity contribution < 1.29 is 14.7 Å². The molecular weight excluding hydrogens is 382 g/mol. The molecule has 1 aromatic heterocycles. The van der Waals surface area contributed by atoms with Crippen molar-refractivity contribution in [2.75, 3.05) is 18.5 Å². The van der Waals surface area contributed by atoms with Crippen molar-refractivity contribution in [1.82, 2.24) is 19.9 Å². The van der Waals surface area contributed by atoms with Gasteiger partial charge in [0.25, 0.3) is 11.8 Å². The number of fused-ring (bicyclic) bond motifs is 1. The van der Waals surface area contributed by atoms with Gasteiger partial charge in [0.1, 0.15) is 16.7 Å². The summed E-state index contributed by atoms with van der Waals surface area (Å²) in [6, 6.07) is 10.8. The molecule has 0 saturated carbocycles. The number of nitrogens with one attached hydrogen (secondary N) is 1. The fraction of sp³-hybridized carbons (Fsp3) is 0.158. The van der Waals surface area contributed by atoms with Crippen molar-refractivity contribution in [3.05, 3.63) is 58.8 Å². The molecule has 0 unspecified atom stereocenters. The highest BCUT2D eigenvalue weighted by Crippen LogP contribution is 2.25. The highest BCUT2D eigenvalue weighted by atomic mass is 35.5. The van der Waals surface area contributed by atoms with Crippen molar-refractivity contribution >= 4 is 40.1 Å². The van der Waals surface area contributed by atoms with Crippen LogP contribution in [0.4, 0.5) is 5.69 Å².